The third-order valence-electron chi connectivity index (χ3n) is 4.56. The summed E-state index contributed by atoms with van der Waals surface area (Å²) in [6, 6.07) is 4.53. The maximum Gasteiger partial charge on any atom is 0.416 e. The summed E-state index contributed by atoms with van der Waals surface area (Å²) < 4.78 is 67.6. The van der Waals surface area contributed by atoms with E-state index < -0.39 is 24.4 Å². The Labute approximate surface area is 153 Å². The molecule has 2 aromatic rings. The summed E-state index contributed by atoms with van der Waals surface area (Å²) in [7, 11) is 0. The standard InChI is InChI=1S/C18H18F5N3O/c1-11-7-24-17(25-8-11)26-9-13(6-15(26)10-27-16(19)20)12-2-4-14(5-3-12)18(21,22)23/h2-5,7-8,13,15-16H,6,9-10H2,1H3. The molecule has 9 heteroatoms. The van der Waals surface area contributed by atoms with Gasteiger partial charge in [-0.2, -0.15) is 22.0 Å². The molecule has 1 fully saturated rings. The fourth-order valence-corrected chi connectivity index (χ4v) is 3.22. The number of alkyl halides is 5. The van der Waals surface area contributed by atoms with Gasteiger partial charge in [0.2, 0.25) is 5.95 Å². The largest absolute Gasteiger partial charge is 0.416 e. The Balaban J connectivity index is 1.80. The highest BCUT2D eigenvalue weighted by atomic mass is 19.4. The average molecular weight is 387 g/mol. The van der Waals surface area contributed by atoms with Gasteiger partial charge in [-0.25, -0.2) is 9.97 Å². The molecular weight excluding hydrogens is 369 g/mol. The van der Waals surface area contributed by atoms with Crippen molar-refractivity contribution in [3.05, 3.63) is 53.3 Å². The molecular formula is C18H18F5N3O. The summed E-state index contributed by atoms with van der Waals surface area (Å²) in [6.45, 7) is -0.871. The lowest BCUT2D eigenvalue weighted by Crippen LogP contribution is -2.35. The maximum atomic E-state index is 12.7. The maximum absolute atomic E-state index is 12.7. The second-order valence-electron chi connectivity index (χ2n) is 6.51. The molecule has 3 rings (SSSR count). The number of ether oxygens (including phenoxy) is 1. The SMILES string of the molecule is Cc1cnc(N2CC(c3ccc(C(F)(F)F)cc3)CC2COC(F)F)nc1. The number of anilines is 1. The fourth-order valence-electron chi connectivity index (χ4n) is 3.22. The van der Waals surface area contributed by atoms with Crippen LogP contribution in [0.2, 0.25) is 0 Å². The topological polar surface area (TPSA) is 38.2 Å². The monoisotopic (exact) mass is 387 g/mol. The summed E-state index contributed by atoms with van der Waals surface area (Å²) in [6.07, 6.45) is -0.698. The Morgan fingerprint density at radius 3 is 2.33 bits per heavy atom. The predicted molar refractivity (Wildman–Crippen MR) is 88.7 cm³/mol. The summed E-state index contributed by atoms with van der Waals surface area (Å²) in [5.41, 5.74) is 0.845. The molecule has 0 saturated carbocycles. The van der Waals surface area contributed by atoms with E-state index in [4.69, 9.17) is 0 Å². The Morgan fingerprint density at radius 1 is 1.15 bits per heavy atom. The fraction of sp³-hybridized carbons (Fsp3) is 0.444. The van der Waals surface area contributed by atoms with Gasteiger partial charge in [0.25, 0.3) is 0 Å². The molecule has 2 unspecified atom stereocenters. The van der Waals surface area contributed by atoms with Crippen LogP contribution in [-0.4, -0.2) is 35.8 Å². The Bertz CT molecular complexity index is 749. The molecule has 146 valence electrons. The molecule has 1 aliphatic heterocycles. The normalized spacial score (nSPS) is 20.5. The van der Waals surface area contributed by atoms with Crippen molar-refractivity contribution in [2.24, 2.45) is 0 Å². The van der Waals surface area contributed by atoms with Gasteiger partial charge in [-0.1, -0.05) is 12.1 Å². The highest BCUT2D eigenvalue weighted by molar-refractivity contribution is 5.38. The number of halogens is 5. The predicted octanol–water partition coefficient (Wildman–Crippen LogP) is 4.41. The molecule has 2 atom stereocenters. The number of aromatic nitrogens is 2. The number of hydrogen-bond acceptors (Lipinski definition) is 4. The summed E-state index contributed by atoms with van der Waals surface area (Å²) in [4.78, 5) is 10.2. The van der Waals surface area contributed by atoms with E-state index in [2.05, 4.69) is 14.7 Å². The van der Waals surface area contributed by atoms with Crippen molar-refractivity contribution in [3.63, 3.8) is 0 Å². The highest BCUT2D eigenvalue weighted by Crippen LogP contribution is 2.36. The smallest absolute Gasteiger partial charge is 0.335 e. The van der Waals surface area contributed by atoms with Crippen LogP contribution in [-0.2, 0) is 10.9 Å². The van der Waals surface area contributed by atoms with E-state index in [1.165, 1.54) is 12.1 Å². The first-order valence-electron chi connectivity index (χ1n) is 8.36. The number of benzene rings is 1. The van der Waals surface area contributed by atoms with Gasteiger partial charge in [0.05, 0.1) is 18.2 Å². The van der Waals surface area contributed by atoms with Crippen molar-refractivity contribution < 1.29 is 26.7 Å². The number of rotatable bonds is 5. The highest BCUT2D eigenvalue weighted by Gasteiger charge is 2.36. The van der Waals surface area contributed by atoms with Gasteiger partial charge in [0.1, 0.15) is 0 Å². The molecule has 2 heterocycles. The van der Waals surface area contributed by atoms with Crippen molar-refractivity contribution in [3.8, 4) is 0 Å². The number of aryl methyl sites for hydroxylation is 1. The second-order valence-corrected chi connectivity index (χ2v) is 6.51. The first-order valence-corrected chi connectivity index (χ1v) is 8.36. The zero-order valence-electron chi connectivity index (χ0n) is 14.5. The minimum absolute atomic E-state index is 0.136. The van der Waals surface area contributed by atoms with Gasteiger partial charge in [-0.15, -0.1) is 0 Å². The lowest BCUT2D eigenvalue weighted by molar-refractivity contribution is -0.137. The first kappa shape index (κ1) is 19.5. The molecule has 0 N–H and O–H groups in total. The third kappa shape index (κ3) is 4.71. The Kier molecular flexibility index (Phi) is 5.59. The van der Waals surface area contributed by atoms with Crippen molar-refractivity contribution in [2.45, 2.75) is 38.1 Å². The van der Waals surface area contributed by atoms with Gasteiger partial charge in [-0.05, 0) is 36.6 Å². The van der Waals surface area contributed by atoms with Crippen molar-refractivity contribution in [2.75, 3.05) is 18.1 Å². The molecule has 0 bridgehead atoms. The zero-order chi connectivity index (χ0) is 19.6. The molecule has 1 aromatic heterocycles. The van der Waals surface area contributed by atoms with E-state index in [0.29, 0.717) is 24.5 Å². The van der Waals surface area contributed by atoms with E-state index in [1.54, 1.807) is 17.3 Å². The van der Waals surface area contributed by atoms with Crippen LogP contribution in [0.5, 0.6) is 0 Å². The van der Waals surface area contributed by atoms with E-state index in [9.17, 15) is 22.0 Å². The summed E-state index contributed by atoms with van der Waals surface area (Å²) >= 11 is 0. The van der Waals surface area contributed by atoms with Crippen molar-refractivity contribution in [1.29, 1.82) is 0 Å². The molecule has 1 aromatic carbocycles. The zero-order valence-corrected chi connectivity index (χ0v) is 14.5. The molecule has 4 nitrogen and oxygen atoms in total. The van der Waals surface area contributed by atoms with Crippen LogP contribution < -0.4 is 4.90 Å². The molecule has 0 amide bonds. The molecule has 0 radical (unpaired) electrons. The first-order chi connectivity index (χ1) is 12.7. The molecule has 1 aliphatic rings. The van der Waals surface area contributed by atoms with Crippen LogP contribution >= 0.6 is 0 Å². The number of hydrogen-bond donors (Lipinski definition) is 0. The number of nitrogens with zero attached hydrogens (tertiary/aromatic N) is 3. The van der Waals surface area contributed by atoms with Crippen LogP contribution in [0.15, 0.2) is 36.7 Å². The van der Waals surface area contributed by atoms with E-state index >= 15 is 0 Å². The lowest BCUT2D eigenvalue weighted by atomic mass is 9.95. The van der Waals surface area contributed by atoms with Gasteiger partial charge in [0.15, 0.2) is 0 Å². The van der Waals surface area contributed by atoms with Crippen molar-refractivity contribution in [1.82, 2.24) is 9.97 Å². The van der Waals surface area contributed by atoms with Crippen LogP contribution in [0.25, 0.3) is 0 Å². The molecule has 0 aliphatic carbocycles. The Morgan fingerprint density at radius 2 is 1.78 bits per heavy atom. The van der Waals surface area contributed by atoms with Gasteiger partial charge in [0, 0.05) is 24.9 Å². The van der Waals surface area contributed by atoms with E-state index in [1.807, 2.05) is 6.92 Å². The average Bonchev–Trinajstić information content (AvgIpc) is 3.04. The van der Waals surface area contributed by atoms with Crippen molar-refractivity contribution >= 4 is 5.95 Å². The van der Waals surface area contributed by atoms with Crippen LogP contribution in [0.3, 0.4) is 0 Å². The van der Waals surface area contributed by atoms with Gasteiger partial charge >= 0.3 is 12.8 Å². The Hall–Kier alpha value is -2.29. The van der Waals surface area contributed by atoms with Gasteiger partial charge in [-0.3, -0.25) is 0 Å². The lowest BCUT2D eigenvalue weighted by Gasteiger charge is -2.24. The molecule has 1 saturated heterocycles. The summed E-state index contributed by atoms with van der Waals surface area (Å²) in [5.74, 6) is 0.251. The van der Waals surface area contributed by atoms with Crippen LogP contribution in [0.1, 0.15) is 29.0 Å². The van der Waals surface area contributed by atoms with Gasteiger partial charge < -0.3 is 9.64 Å². The minimum atomic E-state index is -4.40. The molecule has 0 spiro atoms. The quantitative estimate of drug-likeness (QED) is 0.713. The third-order valence-corrected chi connectivity index (χ3v) is 4.56. The van der Waals surface area contributed by atoms with Crippen LogP contribution in [0.4, 0.5) is 27.9 Å². The molecule has 27 heavy (non-hydrogen) atoms. The second kappa shape index (κ2) is 7.75. The summed E-state index contributed by atoms with van der Waals surface area (Å²) in [5, 5.41) is 0. The van der Waals surface area contributed by atoms with E-state index in [-0.39, 0.29) is 12.5 Å². The van der Waals surface area contributed by atoms with Crippen LogP contribution in [0, 0.1) is 6.92 Å². The van der Waals surface area contributed by atoms with E-state index in [0.717, 1.165) is 17.7 Å². The minimum Gasteiger partial charge on any atom is -0.335 e.